The molecule has 13 heavy (non-hydrogen) atoms. The maximum atomic E-state index is 9.69. The van der Waals surface area contributed by atoms with Gasteiger partial charge < -0.3 is 13.9 Å². The molecular weight excluding hydrogens is 236 g/mol. The fourth-order valence-corrected chi connectivity index (χ4v) is 1.38. The Morgan fingerprint density at radius 2 is 2.08 bits per heavy atom. The molecule has 0 spiro atoms. The Labute approximate surface area is 83.1 Å². The molecule has 0 aliphatic carbocycles. The van der Waals surface area contributed by atoms with E-state index in [-0.39, 0.29) is 0 Å². The Morgan fingerprint density at radius 1 is 1.23 bits per heavy atom. The summed E-state index contributed by atoms with van der Waals surface area (Å²) in [6.45, 7) is 0. The lowest BCUT2D eigenvalue weighted by atomic mass is 10.2. The van der Waals surface area contributed by atoms with Crippen molar-refractivity contribution >= 4 is 15.9 Å². The minimum Gasteiger partial charge on any atom is -0.466 e. The van der Waals surface area contributed by atoms with Gasteiger partial charge in [0.25, 0.3) is 0 Å². The predicted octanol–water partition coefficient (Wildman–Crippen LogP) is 2.72. The normalized spacial score (nSPS) is 13.1. The van der Waals surface area contributed by atoms with Gasteiger partial charge in [0.05, 0.1) is 6.26 Å². The first-order valence-corrected chi connectivity index (χ1v) is 4.53. The molecule has 0 bridgehead atoms. The summed E-state index contributed by atoms with van der Waals surface area (Å²) in [6, 6.07) is 6.83. The Bertz CT molecular complexity index is 377. The van der Waals surface area contributed by atoms with E-state index in [2.05, 4.69) is 15.9 Å². The quantitative estimate of drug-likeness (QED) is 0.881. The van der Waals surface area contributed by atoms with Crippen LogP contribution in [0.15, 0.2) is 44.0 Å². The van der Waals surface area contributed by atoms with Crippen LogP contribution < -0.4 is 0 Å². The maximum Gasteiger partial charge on any atom is 0.169 e. The second-order valence-electron chi connectivity index (χ2n) is 2.56. The first kappa shape index (κ1) is 8.59. The molecule has 0 saturated carbocycles. The highest BCUT2D eigenvalue weighted by Crippen LogP contribution is 2.25. The zero-order valence-electron chi connectivity index (χ0n) is 6.61. The van der Waals surface area contributed by atoms with Crippen molar-refractivity contribution in [2.75, 3.05) is 0 Å². The van der Waals surface area contributed by atoms with Crippen LogP contribution in [0.1, 0.15) is 17.6 Å². The van der Waals surface area contributed by atoms with Gasteiger partial charge in [0.15, 0.2) is 10.8 Å². The summed E-state index contributed by atoms with van der Waals surface area (Å²) < 4.78 is 10.8. The first-order chi connectivity index (χ1) is 6.27. The molecule has 2 aromatic heterocycles. The monoisotopic (exact) mass is 242 g/mol. The van der Waals surface area contributed by atoms with Gasteiger partial charge in [-0.15, -0.1) is 0 Å². The van der Waals surface area contributed by atoms with Gasteiger partial charge >= 0.3 is 0 Å². The van der Waals surface area contributed by atoms with E-state index < -0.39 is 6.10 Å². The summed E-state index contributed by atoms with van der Waals surface area (Å²) in [4.78, 5) is 0. The maximum absolute atomic E-state index is 9.69. The average Bonchev–Trinajstić information content (AvgIpc) is 2.72. The van der Waals surface area contributed by atoms with E-state index in [1.165, 1.54) is 6.26 Å². The van der Waals surface area contributed by atoms with E-state index >= 15 is 0 Å². The Kier molecular flexibility index (Phi) is 2.24. The number of hydrogen-bond donors (Lipinski definition) is 1. The number of furan rings is 2. The highest BCUT2D eigenvalue weighted by molar-refractivity contribution is 9.10. The molecule has 3 nitrogen and oxygen atoms in total. The SMILES string of the molecule is OC(c1ccco1)c1ccc(Br)o1. The van der Waals surface area contributed by atoms with Gasteiger partial charge in [-0.1, -0.05) is 0 Å². The smallest absolute Gasteiger partial charge is 0.169 e. The minimum atomic E-state index is -0.832. The standard InChI is InChI=1S/C9H7BrO3/c10-8-4-3-7(13-8)9(11)6-2-1-5-12-6/h1-5,9,11H. The zero-order valence-corrected chi connectivity index (χ0v) is 8.19. The molecule has 0 radical (unpaired) electrons. The molecule has 1 atom stereocenters. The third-order valence-corrected chi connectivity index (χ3v) is 2.10. The largest absolute Gasteiger partial charge is 0.466 e. The molecule has 0 fully saturated rings. The molecule has 2 heterocycles. The van der Waals surface area contributed by atoms with Crippen molar-refractivity contribution in [3.8, 4) is 0 Å². The minimum absolute atomic E-state index is 0.460. The van der Waals surface area contributed by atoms with Gasteiger partial charge in [-0.05, 0) is 40.2 Å². The van der Waals surface area contributed by atoms with Crippen molar-refractivity contribution in [2.24, 2.45) is 0 Å². The van der Waals surface area contributed by atoms with E-state index in [4.69, 9.17) is 8.83 Å². The molecule has 2 aromatic rings. The molecule has 68 valence electrons. The van der Waals surface area contributed by atoms with E-state index in [0.29, 0.717) is 16.2 Å². The second kappa shape index (κ2) is 3.40. The van der Waals surface area contributed by atoms with Crippen molar-refractivity contribution in [3.63, 3.8) is 0 Å². The van der Waals surface area contributed by atoms with Crippen LogP contribution in [0.2, 0.25) is 0 Å². The Morgan fingerprint density at radius 3 is 2.62 bits per heavy atom. The molecule has 4 heteroatoms. The fraction of sp³-hybridized carbons (Fsp3) is 0.111. The Balaban J connectivity index is 2.28. The first-order valence-electron chi connectivity index (χ1n) is 3.74. The van der Waals surface area contributed by atoms with Crippen molar-refractivity contribution in [2.45, 2.75) is 6.10 Å². The summed E-state index contributed by atoms with van der Waals surface area (Å²) in [5.41, 5.74) is 0. The molecule has 0 saturated heterocycles. The molecule has 2 rings (SSSR count). The number of rotatable bonds is 2. The van der Waals surface area contributed by atoms with Crippen molar-refractivity contribution in [3.05, 3.63) is 46.7 Å². The van der Waals surface area contributed by atoms with Gasteiger partial charge in [0.1, 0.15) is 11.5 Å². The van der Waals surface area contributed by atoms with Crippen molar-refractivity contribution in [1.82, 2.24) is 0 Å². The van der Waals surface area contributed by atoms with E-state index in [9.17, 15) is 5.11 Å². The number of aliphatic hydroxyl groups is 1. The van der Waals surface area contributed by atoms with E-state index in [0.717, 1.165) is 0 Å². The highest BCUT2D eigenvalue weighted by atomic mass is 79.9. The van der Waals surface area contributed by atoms with Gasteiger partial charge in [-0.25, -0.2) is 0 Å². The lowest BCUT2D eigenvalue weighted by molar-refractivity contribution is 0.161. The second-order valence-corrected chi connectivity index (χ2v) is 3.34. The average molecular weight is 243 g/mol. The third kappa shape index (κ3) is 1.68. The highest BCUT2D eigenvalue weighted by Gasteiger charge is 2.16. The van der Waals surface area contributed by atoms with E-state index in [1.807, 2.05) is 0 Å². The predicted molar refractivity (Wildman–Crippen MR) is 49.2 cm³/mol. The van der Waals surface area contributed by atoms with Crippen LogP contribution in [0, 0.1) is 0 Å². The number of hydrogen-bond acceptors (Lipinski definition) is 3. The van der Waals surface area contributed by atoms with Gasteiger partial charge in [-0.3, -0.25) is 0 Å². The fourth-order valence-electron chi connectivity index (χ4n) is 1.06. The van der Waals surface area contributed by atoms with Crippen LogP contribution in [-0.4, -0.2) is 5.11 Å². The van der Waals surface area contributed by atoms with Crippen LogP contribution in [0.5, 0.6) is 0 Å². The Hall–Kier alpha value is -1.000. The molecule has 1 unspecified atom stereocenters. The van der Waals surface area contributed by atoms with Crippen LogP contribution in [-0.2, 0) is 0 Å². The lowest BCUT2D eigenvalue weighted by Crippen LogP contribution is -1.95. The van der Waals surface area contributed by atoms with Gasteiger partial charge in [0, 0.05) is 0 Å². The molecule has 0 aromatic carbocycles. The summed E-state index contributed by atoms with van der Waals surface area (Å²) in [7, 11) is 0. The van der Waals surface area contributed by atoms with Crippen molar-refractivity contribution < 1.29 is 13.9 Å². The number of halogens is 1. The van der Waals surface area contributed by atoms with Crippen LogP contribution >= 0.6 is 15.9 Å². The topological polar surface area (TPSA) is 46.5 Å². The zero-order chi connectivity index (χ0) is 9.26. The molecule has 0 aliphatic heterocycles. The molecule has 1 N–H and O–H groups in total. The summed E-state index contributed by atoms with van der Waals surface area (Å²) in [6.07, 6.45) is 0.678. The molecular formula is C9H7BrO3. The van der Waals surface area contributed by atoms with Gasteiger partial charge in [-0.2, -0.15) is 0 Å². The number of aliphatic hydroxyl groups excluding tert-OH is 1. The van der Waals surface area contributed by atoms with Gasteiger partial charge in [0.2, 0.25) is 0 Å². The summed E-state index contributed by atoms with van der Waals surface area (Å²) in [5.74, 6) is 0.934. The third-order valence-electron chi connectivity index (χ3n) is 1.68. The lowest BCUT2D eigenvalue weighted by Gasteiger charge is -2.02. The molecule has 0 aliphatic rings. The van der Waals surface area contributed by atoms with Crippen LogP contribution in [0.3, 0.4) is 0 Å². The summed E-state index contributed by atoms with van der Waals surface area (Å²) >= 11 is 3.16. The summed E-state index contributed by atoms with van der Waals surface area (Å²) in [5, 5.41) is 9.69. The van der Waals surface area contributed by atoms with Crippen LogP contribution in [0.25, 0.3) is 0 Å². The van der Waals surface area contributed by atoms with E-state index in [1.54, 1.807) is 24.3 Å². The molecule has 0 amide bonds. The van der Waals surface area contributed by atoms with Crippen LogP contribution in [0.4, 0.5) is 0 Å². The van der Waals surface area contributed by atoms with Crippen molar-refractivity contribution in [1.29, 1.82) is 0 Å².